The SMILES string of the molecule is CC(C)(O/N=C(\C(=O)CC1C(=O)N2C[C@@](C(=O)O)(N3CCN(NC(=O)c4cc(O)c(O)cc4F)C3=O)S[C@H]12)c1csc(N)n1)C(=O)O. The van der Waals surface area contributed by atoms with Crippen molar-refractivity contribution in [1.82, 2.24) is 25.2 Å². The summed E-state index contributed by atoms with van der Waals surface area (Å²) in [5.74, 6) is -9.20. The number of amides is 4. The molecule has 5 rings (SSSR count). The smallest absolute Gasteiger partial charge is 0.350 e. The number of rotatable bonds is 11. The molecule has 0 aliphatic carbocycles. The lowest BCUT2D eigenvalue weighted by atomic mass is 9.90. The number of halogens is 1. The second-order valence-electron chi connectivity index (χ2n) is 11.1. The van der Waals surface area contributed by atoms with E-state index >= 15 is 0 Å². The molecule has 4 heterocycles. The molecule has 3 saturated heterocycles. The van der Waals surface area contributed by atoms with Gasteiger partial charge >= 0.3 is 18.0 Å². The molecule has 3 aliphatic heterocycles. The number of nitrogens with zero attached hydrogens (tertiary/aromatic N) is 5. The number of thiazole rings is 1. The number of nitrogen functional groups attached to an aromatic ring is 1. The van der Waals surface area contributed by atoms with Gasteiger partial charge in [0.05, 0.1) is 29.9 Å². The van der Waals surface area contributed by atoms with Crippen molar-refractivity contribution >= 4 is 69.5 Å². The highest BCUT2D eigenvalue weighted by Gasteiger charge is 2.66. The number of anilines is 1. The van der Waals surface area contributed by atoms with Gasteiger partial charge in [0.15, 0.2) is 28.1 Å². The Balaban J connectivity index is 1.32. The van der Waals surface area contributed by atoms with Gasteiger partial charge in [-0.15, -0.1) is 11.3 Å². The van der Waals surface area contributed by atoms with Crippen LogP contribution in [0.25, 0.3) is 0 Å². The van der Waals surface area contributed by atoms with Crippen molar-refractivity contribution in [2.45, 2.75) is 36.1 Å². The monoisotopic (exact) mass is 695 g/mol. The number of aromatic nitrogens is 1. The Bertz CT molecular complexity index is 1750. The number of carbonyl (C=O) groups excluding carboxylic acids is 4. The number of carboxylic acids is 2. The third-order valence-corrected chi connectivity index (χ3v) is 10.0. The second kappa shape index (κ2) is 11.9. The molecule has 3 fully saturated rings. The van der Waals surface area contributed by atoms with Crippen LogP contribution in [0.2, 0.25) is 0 Å². The van der Waals surface area contributed by atoms with Gasteiger partial charge in [-0.25, -0.2) is 28.8 Å². The molecule has 1 unspecified atom stereocenters. The highest BCUT2D eigenvalue weighted by molar-refractivity contribution is 8.02. The molecule has 1 aromatic carbocycles. The zero-order valence-electron chi connectivity index (χ0n) is 24.4. The average molecular weight is 696 g/mol. The van der Waals surface area contributed by atoms with Crippen LogP contribution in [0.4, 0.5) is 14.3 Å². The number of hydrogen-bond donors (Lipinski definition) is 6. The number of thioether (sulfide) groups is 1. The van der Waals surface area contributed by atoms with Gasteiger partial charge < -0.3 is 35.9 Å². The molecule has 0 bridgehead atoms. The van der Waals surface area contributed by atoms with Crippen LogP contribution < -0.4 is 11.2 Å². The van der Waals surface area contributed by atoms with E-state index in [4.69, 9.17) is 10.6 Å². The summed E-state index contributed by atoms with van der Waals surface area (Å²) in [5.41, 5.74) is 4.89. The quantitative estimate of drug-likeness (QED) is 0.0795. The van der Waals surface area contributed by atoms with Crippen molar-refractivity contribution in [1.29, 1.82) is 0 Å². The number of fused-ring (bicyclic) bond motifs is 1. The van der Waals surface area contributed by atoms with Crippen molar-refractivity contribution in [2.24, 2.45) is 11.1 Å². The fourth-order valence-corrected chi connectivity index (χ4v) is 7.20. The van der Waals surface area contributed by atoms with E-state index in [1.165, 1.54) is 24.1 Å². The van der Waals surface area contributed by atoms with Crippen LogP contribution in [0.15, 0.2) is 22.7 Å². The van der Waals surface area contributed by atoms with Crippen molar-refractivity contribution in [2.75, 3.05) is 25.4 Å². The van der Waals surface area contributed by atoms with E-state index in [1.54, 1.807) is 0 Å². The number of Topliss-reactive ketones (excluding diaryl/α,β-unsaturated/α-hetero) is 1. The first-order valence-electron chi connectivity index (χ1n) is 13.5. The van der Waals surface area contributed by atoms with Crippen molar-refractivity contribution in [3.8, 4) is 11.5 Å². The summed E-state index contributed by atoms with van der Waals surface area (Å²) in [6.45, 7) is 1.50. The van der Waals surface area contributed by atoms with Gasteiger partial charge in [-0.05, 0) is 19.9 Å². The van der Waals surface area contributed by atoms with E-state index in [2.05, 4.69) is 15.6 Å². The summed E-state index contributed by atoms with van der Waals surface area (Å²) in [5, 5.41) is 43.8. The van der Waals surface area contributed by atoms with Gasteiger partial charge in [-0.3, -0.25) is 24.7 Å². The van der Waals surface area contributed by atoms with Crippen LogP contribution >= 0.6 is 23.1 Å². The van der Waals surface area contributed by atoms with Gasteiger partial charge in [-0.1, -0.05) is 16.9 Å². The lowest BCUT2D eigenvalue weighted by Crippen LogP contribution is -2.60. The molecule has 1 aromatic heterocycles. The number of nitrogens with one attached hydrogen (secondary N) is 1. The lowest BCUT2D eigenvalue weighted by molar-refractivity contribution is -0.161. The second-order valence-corrected chi connectivity index (χ2v) is 13.3. The largest absolute Gasteiger partial charge is 0.504 e. The van der Waals surface area contributed by atoms with E-state index in [1.807, 2.05) is 0 Å². The third-order valence-electron chi connectivity index (χ3n) is 7.59. The van der Waals surface area contributed by atoms with Gasteiger partial charge in [-0.2, -0.15) is 0 Å². The Kier molecular flexibility index (Phi) is 8.39. The van der Waals surface area contributed by atoms with Crippen LogP contribution in [0, 0.1) is 11.7 Å². The highest BCUT2D eigenvalue weighted by Crippen LogP contribution is 2.52. The molecule has 21 heteroatoms. The minimum atomic E-state index is -2.02. The topological polar surface area (TPSA) is 266 Å². The predicted octanol–water partition coefficient (Wildman–Crippen LogP) is 0.214. The van der Waals surface area contributed by atoms with Gasteiger partial charge in [0.25, 0.3) is 5.91 Å². The van der Waals surface area contributed by atoms with E-state index in [-0.39, 0.29) is 23.9 Å². The molecule has 47 heavy (non-hydrogen) atoms. The number of benzene rings is 1. The molecule has 3 atom stereocenters. The first-order chi connectivity index (χ1) is 22.0. The maximum absolute atomic E-state index is 14.2. The molecule has 0 spiro atoms. The summed E-state index contributed by atoms with van der Waals surface area (Å²) >= 11 is 1.72. The number of hydrazine groups is 1. The molecular weight excluding hydrogens is 669 g/mol. The van der Waals surface area contributed by atoms with E-state index in [0.29, 0.717) is 12.1 Å². The van der Waals surface area contributed by atoms with Crippen molar-refractivity contribution in [3.05, 3.63) is 34.6 Å². The Morgan fingerprint density at radius 2 is 1.87 bits per heavy atom. The Morgan fingerprint density at radius 3 is 2.49 bits per heavy atom. The number of aliphatic carboxylic acids is 2. The molecule has 7 N–H and O–H groups in total. The molecule has 4 amide bonds. The predicted molar refractivity (Wildman–Crippen MR) is 158 cm³/mol. The first-order valence-corrected chi connectivity index (χ1v) is 15.3. The Labute approximate surface area is 271 Å². The molecule has 18 nitrogen and oxygen atoms in total. The number of phenolic OH excluding ortho intramolecular Hbond substituents is 2. The zero-order valence-corrected chi connectivity index (χ0v) is 26.0. The first kappa shape index (κ1) is 33.2. The summed E-state index contributed by atoms with van der Waals surface area (Å²) in [6, 6.07) is 0.179. The number of oxime groups is 1. The summed E-state index contributed by atoms with van der Waals surface area (Å²) in [7, 11) is 0. The third kappa shape index (κ3) is 5.82. The Hall–Kier alpha value is -5.18. The zero-order chi connectivity index (χ0) is 34.6. The molecule has 250 valence electrons. The minimum absolute atomic E-state index is 0.0199. The number of hydrogen-bond acceptors (Lipinski definition) is 14. The van der Waals surface area contributed by atoms with E-state index < -0.39 is 98.9 Å². The average Bonchev–Trinajstić information content (AvgIpc) is 3.69. The number of β-lactam (4-membered cyclic amide) rings is 1. The summed E-state index contributed by atoms with van der Waals surface area (Å²) in [6.07, 6.45) is -0.489. The number of carbonyl (C=O) groups is 6. The van der Waals surface area contributed by atoms with Gasteiger partial charge in [0, 0.05) is 24.4 Å². The van der Waals surface area contributed by atoms with Crippen LogP contribution in [0.5, 0.6) is 11.5 Å². The molecular formula is C26H26FN7O11S2. The summed E-state index contributed by atoms with van der Waals surface area (Å²) < 4.78 is 14.2. The van der Waals surface area contributed by atoms with Crippen LogP contribution in [0.1, 0.15) is 36.3 Å². The van der Waals surface area contributed by atoms with Crippen molar-refractivity contribution in [3.63, 3.8) is 0 Å². The van der Waals surface area contributed by atoms with Crippen LogP contribution in [-0.4, -0.2) is 117 Å². The Morgan fingerprint density at radius 1 is 1.19 bits per heavy atom. The number of aromatic hydroxyl groups is 2. The fourth-order valence-electron chi connectivity index (χ4n) is 4.96. The number of urea groups is 1. The number of carboxylic acid groups (broad SMARTS) is 2. The fraction of sp³-hybridized carbons (Fsp3) is 0.385. The maximum atomic E-state index is 14.2. The molecule has 2 aromatic rings. The molecule has 0 saturated carbocycles. The number of phenols is 2. The standard InChI is InChI=1S/C26H26FN7O11S2/c1-25(2,21(40)41)45-31-17(13-8-46-23(28)29-13)16(37)6-11-19(39)32-9-26(22(42)43,47-20(11)32)33-3-4-34(24(33)44)30-18(38)10-5-14(35)15(36)7-12(10)27/h5,7-8,11,20,35-36H,3-4,6,9H2,1-2H3,(H2,28,29)(H,30,38)(H,40,41)(H,42,43)/b31-17-/t11?,20-,26-/m1/s1. The molecule has 0 radical (unpaired) electrons. The minimum Gasteiger partial charge on any atom is -0.504 e. The van der Waals surface area contributed by atoms with Gasteiger partial charge in [0.2, 0.25) is 16.4 Å². The number of nitrogens with two attached hydrogens (primary N) is 1. The van der Waals surface area contributed by atoms with Gasteiger partial charge in [0.1, 0.15) is 11.5 Å². The number of ketones is 1. The lowest BCUT2D eigenvalue weighted by Gasteiger charge is -2.40. The van der Waals surface area contributed by atoms with Crippen LogP contribution in [0.3, 0.4) is 0 Å². The summed E-state index contributed by atoms with van der Waals surface area (Å²) in [4.78, 5) is 85.9. The van der Waals surface area contributed by atoms with E-state index in [9.17, 15) is 53.6 Å². The molecule has 3 aliphatic rings. The van der Waals surface area contributed by atoms with Crippen molar-refractivity contribution < 1.29 is 58.4 Å². The van der Waals surface area contributed by atoms with E-state index in [0.717, 1.165) is 33.0 Å². The van der Waals surface area contributed by atoms with Crippen LogP contribution in [-0.2, 0) is 24.0 Å². The highest BCUT2D eigenvalue weighted by atomic mass is 32.2. The normalized spacial score (nSPS) is 22.6. The maximum Gasteiger partial charge on any atom is 0.350 e.